The largest absolute Gasteiger partial charge is 0.451 e. The molecule has 10 heavy (non-hydrogen) atoms. The second-order valence-electron chi connectivity index (χ2n) is 1.88. The quantitative estimate of drug-likeness (QED) is 0.642. The van der Waals surface area contributed by atoms with Crippen LogP contribution < -0.4 is 5.73 Å². The van der Waals surface area contributed by atoms with Gasteiger partial charge in [-0.1, -0.05) is 6.92 Å². The van der Waals surface area contributed by atoms with Crippen molar-refractivity contribution in [2.75, 3.05) is 0 Å². The van der Waals surface area contributed by atoms with Gasteiger partial charge in [0, 0.05) is 0 Å². The second-order valence-corrected chi connectivity index (χ2v) is 1.88. The number of carbonyl (C=O) groups excluding carboxylic acids is 1. The summed E-state index contributed by atoms with van der Waals surface area (Å²) in [5, 5.41) is 0. The average Bonchev–Trinajstić information content (AvgIpc) is 1.83. The molecule has 0 aromatic heterocycles. The molecule has 0 amide bonds. The third-order valence-electron chi connectivity index (χ3n) is 1.06. The van der Waals surface area contributed by atoms with E-state index in [9.17, 15) is 18.0 Å². The van der Waals surface area contributed by atoms with Crippen LogP contribution in [0.25, 0.3) is 0 Å². The minimum Gasteiger partial charge on any atom is -0.321 e. The number of ketones is 1. The molecule has 2 nitrogen and oxygen atoms in total. The van der Waals surface area contributed by atoms with E-state index >= 15 is 0 Å². The summed E-state index contributed by atoms with van der Waals surface area (Å²) < 4.78 is 34.4. The number of hydrogen-bond donors (Lipinski definition) is 1. The molecule has 1 unspecified atom stereocenters. The summed E-state index contributed by atoms with van der Waals surface area (Å²) in [5.74, 6) is -1.85. The van der Waals surface area contributed by atoms with Gasteiger partial charge in [0.25, 0.3) is 5.78 Å². The zero-order valence-electron chi connectivity index (χ0n) is 5.40. The third kappa shape index (κ3) is 2.34. The van der Waals surface area contributed by atoms with Gasteiger partial charge in [-0.2, -0.15) is 13.2 Å². The molecule has 0 saturated carbocycles. The summed E-state index contributed by atoms with van der Waals surface area (Å²) in [4.78, 5) is 10.1. The smallest absolute Gasteiger partial charge is 0.321 e. The SMILES string of the molecule is CCC(N)C(=O)C(F)(F)F. The average molecular weight is 155 g/mol. The van der Waals surface area contributed by atoms with E-state index in [1.807, 2.05) is 0 Å². The van der Waals surface area contributed by atoms with Crippen LogP contribution in [0.2, 0.25) is 0 Å². The van der Waals surface area contributed by atoms with Crippen molar-refractivity contribution < 1.29 is 18.0 Å². The van der Waals surface area contributed by atoms with Crippen LogP contribution in [0.5, 0.6) is 0 Å². The van der Waals surface area contributed by atoms with Crippen LogP contribution in [-0.2, 0) is 4.79 Å². The molecule has 0 aromatic carbocycles. The van der Waals surface area contributed by atoms with E-state index in [0.29, 0.717) is 0 Å². The highest BCUT2D eigenvalue weighted by atomic mass is 19.4. The zero-order valence-corrected chi connectivity index (χ0v) is 5.40. The summed E-state index contributed by atoms with van der Waals surface area (Å²) in [6, 6.07) is -1.40. The number of Topliss-reactive ketones (excluding diaryl/α,β-unsaturated/α-hetero) is 1. The Morgan fingerprint density at radius 3 is 2.10 bits per heavy atom. The van der Waals surface area contributed by atoms with E-state index < -0.39 is 18.0 Å². The Morgan fingerprint density at radius 1 is 1.60 bits per heavy atom. The lowest BCUT2D eigenvalue weighted by molar-refractivity contribution is -0.172. The number of carbonyl (C=O) groups is 1. The maximum absolute atomic E-state index is 11.5. The summed E-state index contributed by atoms with van der Waals surface area (Å²) in [7, 11) is 0. The van der Waals surface area contributed by atoms with E-state index in [2.05, 4.69) is 0 Å². The Morgan fingerprint density at radius 2 is 2.00 bits per heavy atom. The first-order valence-electron chi connectivity index (χ1n) is 2.76. The first-order valence-corrected chi connectivity index (χ1v) is 2.76. The third-order valence-corrected chi connectivity index (χ3v) is 1.06. The van der Waals surface area contributed by atoms with Crippen molar-refractivity contribution in [1.29, 1.82) is 0 Å². The molecule has 0 aliphatic rings. The molecule has 0 fully saturated rings. The van der Waals surface area contributed by atoms with Crippen molar-refractivity contribution in [3.8, 4) is 0 Å². The minimum atomic E-state index is -4.78. The molecular weight excluding hydrogens is 147 g/mol. The Bertz CT molecular complexity index is 131. The number of nitrogens with two attached hydrogens (primary N) is 1. The van der Waals surface area contributed by atoms with Gasteiger partial charge in [0.2, 0.25) is 0 Å². The van der Waals surface area contributed by atoms with Gasteiger partial charge >= 0.3 is 6.18 Å². The lowest BCUT2D eigenvalue weighted by Gasteiger charge is -2.09. The highest BCUT2D eigenvalue weighted by Gasteiger charge is 2.41. The number of rotatable bonds is 2. The van der Waals surface area contributed by atoms with E-state index in [4.69, 9.17) is 5.73 Å². The van der Waals surface area contributed by atoms with Gasteiger partial charge in [0.1, 0.15) is 0 Å². The Balaban J connectivity index is 4.09. The maximum Gasteiger partial charge on any atom is 0.451 e. The highest BCUT2D eigenvalue weighted by Crippen LogP contribution is 2.17. The van der Waals surface area contributed by atoms with Crippen LogP contribution in [0.4, 0.5) is 13.2 Å². The fraction of sp³-hybridized carbons (Fsp3) is 0.800. The minimum absolute atomic E-state index is 0.0122. The van der Waals surface area contributed by atoms with Crippen LogP contribution in [0, 0.1) is 0 Å². The molecule has 0 rings (SSSR count). The van der Waals surface area contributed by atoms with Crippen LogP contribution in [0.15, 0.2) is 0 Å². The fourth-order valence-electron chi connectivity index (χ4n) is 0.396. The standard InChI is InChI=1S/C5H8F3NO/c1-2-3(9)4(10)5(6,7)8/h3H,2,9H2,1H3. The summed E-state index contributed by atoms with van der Waals surface area (Å²) >= 11 is 0. The predicted molar refractivity (Wildman–Crippen MR) is 29.3 cm³/mol. The maximum atomic E-state index is 11.5. The molecule has 0 spiro atoms. The molecule has 0 radical (unpaired) electrons. The molecule has 5 heteroatoms. The topological polar surface area (TPSA) is 43.1 Å². The zero-order chi connectivity index (χ0) is 8.36. The van der Waals surface area contributed by atoms with E-state index in [-0.39, 0.29) is 6.42 Å². The molecule has 0 bridgehead atoms. The normalized spacial score (nSPS) is 14.9. The molecule has 0 aliphatic carbocycles. The van der Waals surface area contributed by atoms with Gasteiger partial charge in [-0.05, 0) is 6.42 Å². The van der Waals surface area contributed by atoms with E-state index in [0.717, 1.165) is 0 Å². The van der Waals surface area contributed by atoms with E-state index in [1.54, 1.807) is 0 Å². The highest BCUT2D eigenvalue weighted by molar-refractivity contribution is 5.88. The molecule has 2 N–H and O–H groups in total. The van der Waals surface area contributed by atoms with Crippen molar-refractivity contribution in [3.63, 3.8) is 0 Å². The Hall–Kier alpha value is -0.580. The second kappa shape index (κ2) is 3.01. The van der Waals surface area contributed by atoms with Gasteiger partial charge in [0.15, 0.2) is 0 Å². The van der Waals surface area contributed by atoms with Crippen LogP contribution in [0.3, 0.4) is 0 Å². The lowest BCUT2D eigenvalue weighted by atomic mass is 10.1. The number of halogens is 3. The molecule has 60 valence electrons. The van der Waals surface area contributed by atoms with Gasteiger partial charge in [-0.3, -0.25) is 4.79 Å². The fourth-order valence-corrected chi connectivity index (χ4v) is 0.396. The van der Waals surface area contributed by atoms with Crippen LogP contribution >= 0.6 is 0 Å². The molecule has 0 saturated heterocycles. The summed E-state index contributed by atoms with van der Waals surface area (Å²) in [6.07, 6.45) is -4.77. The first-order chi connectivity index (χ1) is 4.39. The van der Waals surface area contributed by atoms with Crippen molar-refractivity contribution in [2.24, 2.45) is 5.73 Å². The van der Waals surface area contributed by atoms with Gasteiger partial charge < -0.3 is 5.73 Å². The Kier molecular flexibility index (Phi) is 2.83. The van der Waals surface area contributed by atoms with Crippen LogP contribution in [-0.4, -0.2) is 18.0 Å². The molecule has 0 heterocycles. The van der Waals surface area contributed by atoms with Gasteiger partial charge in [-0.25, -0.2) is 0 Å². The van der Waals surface area contributed by atoms with Gasteiger partial charge in [-0.15, -0.1) is 0 Å². The molecule has 1 atom stereocenters. The van der Waals surface area contributed by atoms with Crippen molar-refractivity contribution in [1.82, 2.24) is 0 Å². The van der Waals surface area contributed by atoms with Crippen molar-refractivity contribution >= 4 is 5.78 Å². The van der Waals surface area contributed by atoms with Gasteiger partial charge in [0.05, 0.1) is 6.04 Å². The molecular formula is C5H8F3NO. The molecule has 0 aliphatic heterocycles. The molecule has 0 aromatic rings. The lowest BCUT2D eigenvalue weighted by Crippen LogP contribution is -2.39. The summed E-state index contributed by atoms with van der Waals surface area (Å²) in [5.41, 5.74) is 4.83. The Labute approximate surface area is 56.2 Å². The number of alkyl halides is 3. The van der Waals surface area contributed by atoms with Crippen molar-refractivity contribution in [2.45, 2.75) is 25.6 Å². The number of hydrogen-bond acceptors (Lipinski definition) is 2. The first kappa shape index (κ1) is 9.42. The van der Waals surface area contributed by atoms with E-state index in [1.165, 1.54) is 6.92 Å². The monoisotopic (exact) mass is 155 g/mol. The van der Waals surface area contributed by atoms with Crippen LogP contribution in [0.1, 0.15) is 13.3 Å². The predicted octanol–water partition coefficient (Wildman–Crippen LogP) is 0.855. The van der Waals surface area contributed by atoms with Crippen molar-refractivity contribution in [3.05, 3.63) is 0 Å². The summed E-state index contributed by atoms with van der Waals surface area (Å²) in [6.45, 7) is 1.42.